The maximum absolute atomic E-state index is 12.9. The number of rotatable bonds is 8. The summed E-state index contributed by atoms with van der Waals surface area (Å²) in [6.07, 6.45) is -1.71. The number of hydroxylamine groups is 1. The number of carbonyl (C=O) groups excluding carboxylic acids is 2. The molecule has 30 heavy (non-hydrogen) atoms. The summed E-state index contributed by atoms with van der Waals surface area (Å²) in [5.74, 6) is -2.09. The number of nitrogens with one attached hydrogen (secondary N) is 2. The largest absolute Gasteiger partial charge is 0.479 e. The first-order valence-corrected chi connectivity index (χ1v) is 9.58. The fourth-order valence-corrected chi connectivity index (χ4v) is 3.34. The lowest BCUT2D eigenvalue weighted by molar-refractivity contribution is -0.147. The number of hydrogen-bond donors (Lipinski definition) is 5. The van der Waals surface area contributed by atoms with Gasteiger partial charge in [-0.05, 0) is 35.2 Å². The van der Waals surface area contributed by atoms with E-state index in [1.807, 2.05) is 32.0 Å². The SMILES string of the molecule is CC(C)CN(CC(O)C(=O)O)C(=O)N[C@@H](C)c1c(C(=O)NO)ccc2ccccc12. The zero-order chi connectivity index (χ0) is 22.4. The Morgan fingerprint density at radius 3 is 2.30 bits per heavy atom. The first-order chi connectivity index (χ1) is 14.1. The summed E-state index contributed by atoms with van der Waals surface area (Å²) in [6.45, 7) is 5.29. The number of benzene rings is 2. The number of nitrogens with zero attached hydrogens (tertiary/aromatic N) is 1. The summed E-state index contributed by atoms with van der Waals surface area (Å²) in [5.41, 5.74) is 2.33. The van der Waals surface area contributed by atoms with Gasteiger partial charge in [-0.25, -0.2) is 15.1 Å². The molecule has 2 aromatic carbocycles. The van der Waals surface area contributed by atoms with Gasteiger partial charge in [0.05, 0.1) is 12.6 Å². The number of amides is 3. The molecule has 0 aliphatic rings. The predicted octanol–water partition coefficient (Wildman–Crippen LogP) is 2.13. The molecular weight excluding hydrogens is 390 g/mol. The van der Waals surface area contributed by atoms with Gasteiger partial charge in [-0.3, -0.25) is 10.0 Å². The number of aliphatic carboxylic acids is 1. The van der Waals surface area contributed by atoms with Crippen LogP contribution in [-0.2, 0) is 4.79 Å². The average molecular weight is 417 g/mol. The normalized spacial score (nSPS) is 13.0. The second-order valence-electron chi connectivity index (χ2n) is 7.51. The van der Waals surface area contributed by atoms with E-state index in [1.165, 1.54) is 4.90 Å². The fraction of sp³-hybridized carbons (Fsp3) is 0.381. The number of carboxylic acid groups (broad SMARTS) is 1. The van der Waals surface area contributed by atoms with Gasteiger partial charge in [-0.15, -0.1) is 0 Å². The smallest absolute Gasteiger partial charge is 0.334 e. The van der Waals surface area contributed by atoms with Crippen molar-refractivity contribution < 1.29 is 29.8 Å². The number of aliphatic hydroxyl groups excluding tert-OH is 1. The molecule has 0 aliphatic heterocycles. The van der Waals surface area contributed by atoms with Crippen LogP contribution in [0.25, 0.3) is 10.8 Å². The van der Waals surface area contributed by atoms with E-state index in [-0.39, 0.29) is 24.6 Å². The van der Waals surface area contributed by atoms with Crippen LogP contribution in [0.15, 0.2) is 36.4 Å². The highest BCUT2D eigenvalue weighted by atomic mass is 16.5. The lowest BCUT2D eigenvalue weighted by Crippen LogP contribution is -2.47. The van der Waals surface area contributed by atoms with Crippen molar-refractivity contribution in [1.82, 2.24) is 15.7 Å². The molecule has 0 heterocycles. The molecule has 2 aromatic rings. The van der Waals surface area contributed by atoms with E-state index in [1.54, 1.807) is 30.6 Å². The van der Waals surface area contributed by atoms with E-state index < -0.39 is 30.1 Å². The van der Waals surface area contributed by atoms with E-state index in [4.69, 9.17) is 10.3 Å². The minimum absolute atomic E-state index is 0.0420. The average Bonchev–Trinajstić information content (AvgIpc) is 2.71. The first-order valence-electron chi connectivity index (χ1n) is 9.58. The summed E-state index contributed by atoms with van der Waals surface area (Å²) in [7, 11) is 0. The third kappa shape index (κ3) is 5.46. The van der Waals surface area contributed by atoms with Gasteiger partial charge in [0.15, 0.2) is 6.10 Å². The highest BCUT2D eigenvalue weighted by Gasteiger charge is 2.26. The minimum atomic E-state index is -1.71. The molecule has 0 aromatic heterocycles. The summed E-state index contributed by atoms with van der Waals surface area (Å²) in [5, 5.41) is 32.1. The number of carbonyl (C=O) groups is 3. The zero-order valence-electron chi connectivity index (χ0n) is 17.1. The molecule has 0 bridgehead atoms. The van der Waals surface area contributed by atoms with E-state index >= 15 is 0 Å². The van der Waals surface area contributed by atoms with Gasteiger partial charge >= 0.3 is 12.0 Å². The van der Waals surface area contributed by atoms with E-state index in [9.17, 15) is 19.5 Å². The molecule has 0 spiro atoms. The van der Waals surface area contributed by atoms with Crippen molar-refractivity contribution >= 4 is 28.7 Å². The summed E-state index contributed by atoms with van der Waals surface area (Å²) >= 11 is 0. The second kappa shape index (κ2) is 10.0. The minimum Gasteiger partial charge on any atom is -0.479 e. The van der Waals surface area contributed by atoms with Crippen molar-refractivity contribution in [3.8, 4) is 0 Å². The molecule has 2 atom stereocenters. The Kier molecular flexibility index (Phi) is 7.73. The molecule has 0 saturated carbocycles. The van der Waals surface area contributed by atoms with Crippen molar-refractivity contribution in [3.63, 3.8) is 0 Å². The Morgan fingerprint density at radius 2 is 1.70 bits per heavy atom. The second-order valence-corrected chi connectivity index (χ2v) is 7.51. The first kappa shape index (κ1) is 23.1. The van der Waals surface area contributed by atoms with Crippen LogP contribution in [0.5, 0.6) is 0 Å². The van der Waals surface area contributed by atoms with Gasteiger partial charge < -0.3 is 20.4 Å². The molecule has 2 rings (SSSR count). The number of aliphatic hydroxyl groups is 1. The van der Waals surface area contributed by atoms with Crippen LogP contribution in [0.3, 0.4) is 0 Å². The molecule has 0 aliphatic carbocycles. The van der Waals surface area contributed by atoms with Crippen LogP contribution in [-0.4, -0.2) is 57.4 Å². The van der Waals surface area contributed by atoms with Gasteiger partial charge in [0, 0.05) is 12.1 Å². The maximum atomic E-state index is 12.9. The standard InChI is InChI=1S/C21H27N3O6/c1-12(2)10-24(11-17(25)20(27)28)21(29)22-13(3)18-15-7-5-4-6-14(15)8-9-16(18)19(26)23-30/h4-9,12-13,17,25,30H,10-11H2,1-3H3,(H,22,29)(H,23,26)(H,27,28)/t13-,17?/m0/s1. The Bertz CT molecular complexity index is 930. The summed E-state index contributed by atoms with van der Waals surface area (Å²) < 4.78 is 0. The lowest BCUT2D eigenvalue weighted by atomic mass is 9.94. The number of hydrogen-bond acceptors (Lipinski definition) is 5. The molecule has 5 N–H and O–H groups in total. The van der Waals surface area contributed by atoms with Crippen LogP contribution < -0.4 is 10.8 Å². The van der Waals surface area contributed by atoms with Crippen LogP contribution >= 0.6 is 0 Å². The third-order valence-electron chi connectivity index (χ3n) is 4.64. The van der Waals surface area contributed by atoms with Crippen LogP contribution in [0.2, 0.25) is 0 Å². The molecule has 9 heteroatoms. The van der Waals surface area contributed by atoms with Crippen molar-refractivity contribution in [2.24, 2.45) is 5.92 Å². The van der Waals surface area contributed by atoms with E-state index in [0.29, 0.717) is 5.56 Å². The van der Waals surface area contributed by atoms with Gasteiger partial charge in [0.25, 0.3) is 5.91 Å². The maximum Gasteiger partial charge on any atom is 0.334 e. The van der Waals surface area contributed by atoms with E-state index in [0.717, 1.165) is 10.8 Å². The van der Waals surface area contributed by atoms with Crippen LogP contribution in [0.1, 0.15) is 42.7 Å². The van der Waals surface area contributed by atoms with Crippen molar-refractivity contribution in [3.05, 3.63) is 47.5 Å². The molecule has 0 saturated heterocycles. The van der Waals surface area contributed by atoms with E-state index in [2.05, 4.69) is 5.32 Å². The zero-order valence-corrected chi connectivity index (χ0v) is 17.1. The Morgan fingerprint density at radius 1 is 1.03 bits per heavy atom. The fourth-order valence-electron chi connectivity index (χ4n) is 3.34. The molecule has 9 nitrogen and oxygen atoms in total. The Labute approximate surface area is 174 Å². The summed E-state index contributed by atoms with van der Waals surface area (Å²) in [6, 6.07) is 9.41. The number of urea groups is 1. The van der Waals surface area contributed by atoms with Gasteiger partial charge in [-0.2, -0.15) is 0 Å². The molecule has 3 amide bonds. The number of carboxylic acids is 1. The highest BCUT2D eigenvalue weighted by Crippen LogP contribution is 2.28. The number of fused-ring (bicyclic) bond motifs is 1. The quantitative estimate of drug-likeness (QED) is 0.329. The molecule has 1 unspecified atom stereocenters. The Balaban J connectivity index is 2.37. The molecule has 0 fully saturated rings. The topological polar surface area (TPSA) is 139 Å². The van der Waals surface area contributed by atoms with Crippen molar-refractivity contribution in [1.29, 1.82) is 0 Å². The van der Waals surface area contributed by atoms with Gasteiger partial charge in [0.1, 0.15) is 0 Å². The van der Waals surface area contributed by atoms with Crippen LogP contribution in [0, 0.1) is 5.92 Å². The van der Waals surface area contributed by atoms with Gasteiger partial charge in [0.2, 0.25) is 0 Å². The van der Waals surface area contributed by atoms with Crippen LogP contribution in [0.4, 0.5) is 4.79 Å². The van der Waals surface area contributed by atoms with Crippen molar-refractivity contribution in [2.45, 2.75) is 32.9 Å². The van der Waals surface area contributed by atoms with Crippen molar-refractivity contribution in [2.75, 3.05) is 13.1 Å². The molecular formula is C21H27N3O6. The predicted molar refractivity (Wildman–Crippen MR) is 110 cm³/mol. The molecule has 0 radical (unpaired) electrons. The molecule has 162 valence electrons. The van der Waals surface area contributed by atoms with Gasteiger partial charge in [-0.1, -0.05) is 44.2 Å². The highest BCUT2D eigenvalue weighted by molar-refractivity contribution is 6.01. The monoisotopic (exact) mass is 417 g/mol. The Hall–Kier alpha value is -3.17. The lowest BCUT2D eigenvalue weighted by Gasteiger charge is -2.28. The summed E-state index contributed by atoms with van der Waals surface area (Å²) in [4.78, 5) is 37.3. The third-order valence-corrected chi connectivity index (χ3v) is 4.64.